The summed E-state index contributed by atoms with van der Waals surface area (Å²) in [6.45, 7) is 4.36. The molecule has 1 aromatic carbocycles. The van der Waals surface area contributed by atoms with Crippen LogP contribution in [-0.2, 0) is 0 Å². The third-order valence-corrected chi connectivity index (χ3v) is 6.32. The zero-order chi connectivity index (χ0) is 22.3. The van der Waals surface area contributed by atoms with E-state index in [0.29, 0.717) is 49.9 Å². The van der Waals surface area contributed by atoms with E-state index in [4.69, 9.17) is 9.26 Å². The summed E-state index contributed by atoms with van der Waals surface area (Å²) in [5, 5.41) is 6.50. The quantitative estimate of drug-likeness (QED) is 0.723. The molecule has 172 valence electrons. The molecule has 32 heavy (non-hydrogen) atoms. The van der Waals surface area contributed by atoms with Gasteiger partial charge in [-0.3, -0.25) is 10.1 Å². The van der Waals surface area contributed by atoms with Crippen LogP contribution in [-0.4, -0.2) is 59.7 Å². The van der Waals surface area contributed by atoms with E-state index in [-0.39, 0.29) is 11.9 Å². The number of carbonyl (C=O) groups is 2. The van der Waals surface area contributed by atoms with E-state index in [2.05, 4.69) is 10.5 Å². The Kier molecular flexibility index (Phi) is 7.29. The number of amides is 3. The summed E-state index contributed by atoms with van der Waals surface area (Å²) in [7, 11) is 0. The number of ether oxygens (including phenoxy) is 1. The number of nitrogens with one attached hydrogen (secondary N) is 1. The average Bonchev–Trinajstić information content (AvgIpc) is 3.24. The Hall–Kier alpha value is -3.03. The van der Waals surface area contributed by atoms with Gasteiger partial charge in [-0.15, -0.1) is 0 Å². The van der Waals surface area contributed by atoms with Crippen LogP contribution in [0.2, 0.25) is 0 Å². The van der Waals surface area contributed by atoms with Crippen LogP contribution < -0.4 is 10.1 Å². The lowest BCUT2D eigenvalue weighted by molar-refractivity contribution is 0.0671. The Morgan fingerprint density at radius 2 is 1.84 bits per heavy atom. The number of urea groups is 1. The molecule has 2 fully saturated rings. The molecule has 1 aliphatic heterocycles. The van der Waals surface area contributed by atoms with Gasteiger partial charge in [0.15, 0.2) is 5.82 Å². The van der Waals surface area contributed by atoms with Crippen LogP contribution in [0.3, 0.4) is 0 Å². The van der Waals surface area contributed by atoms with Crippen molar-refractivity contribution >= 4 is 17.8 Å². The maximum Gasteiger partial charge on any atom is 0.323 e. The second-order valence-corrected chi connectivity index (χ2v) is 8.70. The Bertz CT molecular complexity index is 914. The zero-order valence-electron chi connectivity index (χ0n) is 18.7. The molecule has 1 saturated heterocycles. The van der Waals surface area contributed by atoms with Gasteiger partial charge in [0.25, 0.3) is 5.91 Å². The lowest BCUT2D eigenvalue weighted by Crippen LogP contribution is -2.51. The fourth-order valence-corrected chi connectivity index (χ4v) is 4.45. The number of benzene rings is 1. The van der Waals surface area contributed by atoms with Crippen molar-refractivity contribution in [1.82, 2.24) is 15.0 Å². The number of nitrogens with zero attached hydrogens (tertiary/aromatic N) is 3. The van der Waals surface area contributed by atoms with Gasteiger partial charge in [-0.2, -0.15) is 0 Å². The molecular formula is C24H32N4O4. The van der Waals surface area contributed by atoms with Crippen molar-refractivity contribution in [3.05, 3.63) is 41.7 Å². The van der Waals surface area contributed by atoms with Crippen molar-refractivity contribution in [3.8, 4) is 5.75 Å². The fraction of sp³-hybridized carbons (Fsp3) is 0.542. The first kappa shape index (κ1) is 22.2. The molecule has 8 nitrogen and oxygen atoms in total. The molecule has 1 saturated carbocycles. The summed E-state index contributed by atoms with van der Waals surface area (Å²) in [5.41, 5.74) is 0.621. The minimum atomic E-state index is -0.237. The monoisotopic (exact) mass is 440 g/mol. The maximum atomic E-state index is 13.0. The molecule has 0 atom stereocenters. The van der Waals surface area contributed by atoms with Crippen LogP contribution in [0.15, 0.2) is 34.9 Å². The Labute approximate surface area is 188 Å². The molecule has 0 bridgehead atoms. The molecule has 2 aliphatic rings. The predicted octanol–water partition coefficient (Wildman–Crippen LogP) is 4.32. The van der Waals surface area contributed by atoms with Crippen molar-refractivity contribution in [2.75, 3.05) is 38.1 Å². The van der Waals surface area contributed by atoms with Gasteiger partial charge in [-0.1, -0.05) is 43.3 Å². The Balaban J connectivity index is 1.24. The highest BCUT2D eigenvalue weighted by Crippen LogP contribution is 2.26. The van der Waals surface area contributed by atoms with Crippen molar-refractivity contribution in [3.63, 3.8) is 0 Å². The number of anilines is 1. The highest BCUT2D eigenvalue weighted by atomic mass is 16.5. The van der Waals surface area contributed by atoms with Gasteiger partial charge in [0.1, 0.15) is 11.5 Å². The predicted molar refractivity (Wildman–Crippen MR) is 121 cm³/mol. The van der Waals surface area contributed by atoms with Crippen molar-refractivity contribution < 1.29 is 18.8 Å². The van der Waals surface area contributed by atoms with Gasteiger partial charge in [-0.05, 0) is 37.5 Å². The number of aryl methyl sites for hydroxylation is 1. The van der Waals surface area contributed by atoms with Crippen molar-refractivity contribution in [2.24, 2.45) is 5.92 Å². The van der Waals surface area contributed by atoms with Crippen molar-refractivity contribution in [1.29, 1.82) is 0 Å². The zero-order valence-corrected chi connectivity index (χ0v) is 18.7. The molecular weight excluding hydrogens is 408 g/mol. The van der Waals surface area contributed by atoms with Crippen LogP contribution in [0, 0.1) is 12.8 Å². The lowest BCUT2D eigenvalue weighted by Gasteiger charge is -2.34. The van der Waals surface area contributed by atoms with E-state index in [9.17, 15) is 9.59 Å². The number of aromatic nitrogens is 1. The summed E-state index contributed by atoms with van der Waals surface area (Å²) in [6.07, 6.45) is 7.74. The highest BCUT2D eigenvalue weighted by molar-refractivity contribution is 5.95. The maximum absolute atomic E-state index is 13.0. The van der Waals surface area contributed by atoms with Gasteiger partial charge < -0.3 is 19.1 Å². The van der Waals surface area contributed by atoms with Crippen LogP contribution in [0.1, 0.15) is 54.6 Å². The minimum absolute atomic E-state index is 0.0325. The first-order valence-electron chi connectivity index (χ1n) is 11.6. The van der Waals surface area contributed by atoms with Crippen LogP contribution in [0.5, 0.6) is 5.75 Å². The third-order valence-electron chi connectivity index (χ3n) is 6.32. The molecule has 1 N–H and O–H groups in total. The summed E-state index contributed by atoms with van der Waals surface area (Å²) >= 11 is 0. The van der Waals surface area contributed by atoms with E-state index in [0.717, 1.165) is 18.1 Å². The molecule has 8 heteroatoms. The Morgan fingerprint density at radius 1 is 1.09 bits per heavy atom. The smallest absolute Gasteiger partial charge is 0.323 e. The van der Waals surface area contributed by atoms with E-state index in [1.54, 1.807) is 22.8 Å². The second-order valence-electron chi connectivity index (χ2n) is 8.70. The SMILES string of the molecule is Cc1cc(NC(=O)N2CCN(C(=O)c3cccc(OCCC4CCCCC4)c3)CC2)no1. The van der Waals surface area contributed by atoms with Crippen LogP contribution in [0.25, 0.3) is 0 Å². The molecule has 2 heterocycles. The molecule has 2 aromatic rings. The number of carbonyl (C=O) groups excluding carboxylic acids is 2. The fourth-order valence-electron chi connectivity index (χ4n) is 4.45. The van der Waals surface area contributed by atoms with E-state index < -0.39 is 0 Å². The number of piperazine rings is 1. The normalized spacial score (nSPS) is 17.3. The molecule has 1 aromatic heterocycles. The largest absolute Gasteiger partial charge is 0.494 e. The number of hydrogen-bond acceptors (Lipinski definition) is 5. The molecule has 3 amide bonds. The van der Waals surface area contributed by atoms with E-state index in [1.807, 2.05) is 24.3 Å². The van der Waals surface area contributed by atoms with Crippen LogP contribution >= 0.6 is 0 Å². The summed E-state index contributed by atoms with van der Waals surface area (Å²) in [6, 6.07) is 8.86. The lowest BCUT2D eigenvalue weighted by atomic mass is 9.87. The van der Waals surface area contributed by atoms with Gasteiger partial charge in [-0.25, -0.2) is 4.79 Å². The molecule has 0 unspecified atom stereocenters. The van der Waals surface area contributed by atoms with Crippen molar-refractivity contribution in [2.45, 2.75) is 45.4 Å². The summed E-state index contributed by atoms with van der Waals surface area (Å²) in [4.78, 5) is 28.8. The van der Waals surface area contributed by atoms with Crippen LogP contribution in [0.4, 0.5) is 10.6 Å². The average molecular weight is 441 g/mol. The molecule has 4 rings (SSSR count). The van der Waals surface area contributed by atoms with Gasteiger partial charge in [0.05, 0.1) is 6.61 Å². The third kappa shape index (κ3) is 5.81. The Morgan fingerprint density at radius 3 is 2.56 bits per heavy atom. The number of rotatable bonds is 6. The molecule has 0 spiro atoms. The standard InChI is InChI=1S/C24H32N4O4/c1-18-16-22(26-32-18)25-24(30)28-13-11-27(12-14-28)23(29)20-8-5-9-21(17-20)31-15-10-19-6-3-2-4-7-19/h5,8-9,16-17,19H,2-4,6-7,10-15H2,1H3,(H,25,26,30). The van der Waals surface area contributed by atoms with E-state index in [1.165, 1.54) is 32.1 Å². The minimum Gasteiger partial charge on any atom is -0.494 e. The molecule has 0 radical (unpaired) electrons. The van der Waals surface area contributed by atoms with Gasteiger partial charge in [0.2, 0.25) is 0 Å². The van der Waals surface area contributed by atoms with Gasteiger partial charge >= 0.3 is 6.03 Å². The summed E-state index contributed by atoms with van der Waals surface area (Å²) < 4.78 is 10.9. The number of hydrogen-bond donors (Lipinski definition) is 1. The summed E-state index contributed by atoms with van der Waals surface area (Å²) in [5.74, 6) is 2.51. The second kappa shape index (κ2) is 10.5. The first-order valence-corrected chi connectivity index (χ1v) is 11.6. The van der Waals surface area contributed by atoms with E-state index >= 15 is 0 Å². The van der Waals surface area contributed by atoms with Gasteiger partial charge in [0, 0.05) is 37.8 Å². The topological polar surface area (TPSA) is 87.9 Å². The first-order chi connectivity index (χ1) is 15.6. The highest BCUT2D eigenvalue weighted by Gasteiger charge is 2.25. The molecule has 1 aliphatic carbocycles.